The highest BCUT2D eigenvalue weighted by Crippen LogP contribution is 2.32. The van der Waals surface area contributed by atoms with E-state index in [1.807, 2.05) is 44.1 Å². The van der Waals surface area contributed by atoms with Gasteiger partial charge in [-0.3, -0.25) is 9.78 Å². The summed E-state index contributed by atoms with van der Waals surface area (Å²) in [6.45, 7) is 2.98. The van der Waals surface area contributed by atoms with Gasteiger partial charge in [0.05, 0.1) is 51.3 Å². The molecular weight excluding hydrogens is 544 g/mol. The number of pyridine rings is 2. The number of nitriles is 1. The molecule has 4 rings (SSSR count). The topological polar surface area (TPSA) is 125 Å². The zero-order valence-corrected chi connectivity index (χ0v) is 23.6. The molecule has 11 heteroatoms. The normalized spacial score (nSPS) is 11.7. The van der Waals surface area contributed by atoms with Crippen LogP contribution in [0.25, 0.3) is 10.9 Å². The predicted octanol–water partition coefficient (Wildman–Crippen LogP) is 5.07. The Morgan fingerprint density at radius 2 is 2.05 bits per heavy atom. The van der Waals surface area contributed by atoms with E-state index in [9.17, 15) is 15.3 Å². The minimum Gasteiger partial charge on any atom is -0.492 e. The van der Waals surface area contributed by atoms with Gasteiger partial charge >= 0.3 is 0 Å². The number of benzene rings is 2. The first-order chi connectivity index (χ1) is 19.8. The third-order valence-electron chi connectivity index (χ3n) is 5.78. The van der Waals surface area contributed by atoms with Crippen molar-refractivity contribution in [1.82, 2.24) is 14.6 Å². The molecule has 0 saturated heterocycles. The van der Waals surface area contributed by atoms with Crippen molar-refractivity contribution in [2.45, 2.75) is 13.5 Å². The summed E-state index contributed by atoms with van der Waals surface area (Å²) in [4.78, 5) is 23.5. The first-order valence-corrected chi connectivity index (χ1v) is 13.1. The number of fused-ring (bicyclic) bond motifs is 1. The van der Waals surface area contributed by atoms with Crippen LogP contribution >= 0.6 is 11.6 Å². The maximum absolute atomic E-state index is 12.6. The smallest absolute Gasteiger partial charge is 0.248 e. The quantitative estimate of drug-likeness (QED) is 0.201. The molecule has 1 amide bonds. The lowest BCUT2D eigenvalue weighted by atomic mass is 10.1. The van der Waals surface area contributed by atoms with E-state index in [4.69, 9.17) is 26.1 Å². The fraction of sp³-hybridized carbons (Fsp3) is 0.200. The van der Waals surface area contributed by atoms with E-state index >= 15 is 0 Å². The Morgan fingerprint density at radius 1 is 1.22 bits per heavy atom. The second-order valence-electron chi connectivity index (χ2n) is 9.14. The summed E-state index contributed by atoms with van der Waals surface area (Å²) in [5.74, 6) is 0.453. The largest absolute Gasteiger partial charge is 0.492 e. The van der Waals surface area contributed by atoms with Crippen molar-refractivity contribution in [1.29, 1.82) is 5.26 Å². The zero-order chi connectivity index (χ0) is 29.4. The van der Waals surface area contributed by atoms with E-state index in [-0.39, 0.29) is 23.4 Å². The molecule has 0 aliphatic carbocycles. The molecule has 2 aromatic carbocycles. The van der Waals surface area contributed by atoms with Gasteiger partial charge in [0.2, 0.25) is 5.91 Å². The summed E-state index contributed by atoms with van der Waals surface area (Å²) in [6, 6.07) is 15.8. The number of likely N-dealkylation sites (N-methyl/N-ethyl adjacent to an activating group) is 1. The lowest BCUT2D eigenvalue weighted by Gasteiger charge is -2.14. The van der Waals surface area contributed by atoms with Crippen molar-refractivity contribution in [2.24, 2.45) is 4.99 Å². The molecule has 0 unspecified atom stereocenters. The summed E-state index contributed by atoms with van der Waals surface area (Å²) in [5.41, 5.74) is 2.01. The molecule has 41 heavy (non-hydrogen) atoms. The third-order valence-corrected chi connectivity index (χ3v) is 6.08. The monoisotopic (exact) mass is 572 g/mol. The van der Waals surface area contributed by atoms with E-state index in [0.29, 0.717) is 52.0 Å². The third kappa shape index (κ3) is 7.42. The van der Waals surface area contributed by atoms with Crippen molar-refractivity contribution >= 4 is 39.8 Å². The summed E-state index contributed by atoms with van der Waals surface area (Å²) >= 11 is 6.49. The van der Waals surface area contributed by atoms with Crippen molar-refractivity contribution in [2.75, 3.05) is 32.6 Å². The van der Waals surface area contributed by atoms with Gasteiger partial charge in [0.25, 0.3) is 0 Å². The highest BCUT2D eigenvalue weighted by molar-refractivity contribution is 6.32. The first-order valence-electron chi connectivity index (χ1n) is 12.7. The van der Waals surface area contributed by atoms with Gasteiger partial charge in [-0.15, -0.1) is 0 Å². The highest BCUT2D eigenvalue weighted by Gasteiger charge is 2.15. The van der Waals surface area contributed by atoms with Crippen LogP contribution in [0.5, 0.6) is 11.5 Å². The number of anilines is 1. The SMILES string of the molecule is CCOc1cc2c(cc1NC(=O)/C=C/CN(C)C)c(=Nc1ccc(OCc3ccccn3)c(Cl)c1)c(C#N)cn2O. The van der Waals surface area contributed by atoms with E-state index in [0.717, 1.165) is 10.4 Å². The number of aromatic nitrogens is 2. The lowest BCUT2D eigenvalue weighted by molar-refractivity contribution is -0.111. The van der Waals surface area contributed by atoms with E-state index < -0.39 is 0 Å². The Kier molecular flexibility index (Phi) is 9.58. The molecule has 0 fully saturated rings. The average Bonchev–Trinajstić information content (AvgIpc) is 2.95. The van der Waals surface area contributed by atoms with Gasteiger partial charge in [-0.25, -0.2) is 4.99 Å². The van der Waals surface area contributed by atoms with Crippen LogP contribution in [-0.2, 0) is 11.4 Å². The molecular formula is C30H29ClN6O4. The second kappa shape index (κ2) is 13.5. The molecule has 2 N–H and O–H groups in total. The van der Waals surface area contributed by atoms with Gasteiger partial charge in [-0.2, -0.15) is 9.99 Å². The van der Waals surface area contributed by atoms with Crippen LogP contribution in [0.15, 0.2) is 78.1 Å². The van der Waals surface area contributed by atoms with Crippen molar-refractivity contribution in [3.05, 3.63) is 94.7 Å². The van der Waals surface area contributed by atoms with Crippen LogP contribution in [0.2, 0.25) is 5.02 Å². The van der Waals surface area contributed by atoms with Crippen LogP contribution < -0.4 is 20.1 Å². The minimum atomic E-state index is -0.355. The molecule has 0 atom stereocenters. The van der Waals surface area contributed by atoms with Crippen molar-refractivity contribution < 1.29 is 19.5 Å². The summed E-state index contributed by atoms with van der Waals surface area (Å²) < 4.78 is 12.4. The summed E-state index contributed by atoms with van der Waals surface area (Å²) in [5, 5.41) is 24.4. The molecule has 210 valence electrons. The number of nitrogens with zero attached hydrogens (tertiary/aromatic N) is 5. The molecule has 4 aromatic rings. The predicted molar refractivity (Wildman–Crippen MR) is 157 cm³/mol. The number of hydrogen-bond donors (Lipinski definition) is 2. The Morgan fingerprint density at radius 3 is 2.73 bits per heavy atom. The standard InChI is InChI=1S/C30H29ClN6O4/c1-4-40-28-16-26-23(15-25(28)35-29(38)9-7-13-36(2)3)30(20(17-32)18-37(26)39)34-21-10-11-27(24(31)14-21)41-19-22-8-5-6-12-33-22/h5-12,14-16,18,39H,4,13,19H2,1-3H3,(H,35,38)/b9-7+,34-30?. The van der Waals surface area contributed by atoms with E-state index in [1.54, 1.807) is 42.6 Å². The molecule has 2 heterocycles. The second-order valence-corrected chi connectivity index (χ2v) is 9.54. The molecule has 0 radical (unpaired) electrons. The number of nitrogens with one attached hydrogen (secondary N) is 1. The number of carbonyl (C=O) groups excluding carboxylic acids is 1. The average molecular weight is 573 g/mol. The fourth-order valence-corrected chi connectivity index (χ4v) is 4.14. The Bertz CT molecular complexity index is 1690. The van der Waals surface area contributed by atoms with Crippen molar-refractivity contribution in [3.8, 4) is 17.6 Å². The minimum absolute atomic E-state index is 0.110. The Labute approximate surface area is 242 Å². The Hall–Kier alpha value is -4.85. The zero-order valence-electron chi connectivity index (χ0n) is 22.8. The maximum Gasteiger partial charge on any atom is 0.248 e. The van der Waals surface area contributed by atoms with Crippen LogP contribution in [0.3, 0.4) is 0 Å². The Balaban J connectivity index is 1.76. The molecule has 0 aliphatic rings. The summed E-state index contributed by atoms with van der Waals surface area (Å²) in [6.07, 6.45) is 6.12. The van der Waals surface area contributed by atoms with Gasteiger partial charge in [-0.1, -0.05) is 23.7 Å². The van der Waals surface area contributed by atoms with Gasteiger partial charge in [0, 0.05) is 30.3 Å². The molecule has 0 bridgehead atoms. The van der Waals surface area contributed by atoms with Gasteiger partial charge in [-0.05, 0) is 57.4 Å². The number of halogens is 1. The van der Waals surface area contributed by atoms with Crippen LogP contribution in [0, 0.1) is 11.3 Å². The number of amides is 1. The molecule has 0 saturated carbocycles. The molecule has 10 nitrogen and oxygen atoms in total. The number of rotatable bonds is 10. The van der Waals surface area contributed by atoms with Gasteiger partial charge in [0.1, 0.15) is 24.2 Å². The fourth-order valence-electron chi connectivity index (χ4n) is 3.91. The first kappa shape index (κ1) is 29.1. The van der Waals surface area contributed by atoms with E-state index in [1.165, 1.54) is 12.3 Å². The van der Waals surface area contributed by atoms with Crippen LogP contribution in [-0.4, -0.2) is 53.0 Å². The molecule has 2 aromatic heterocycles. The van der Waals surface area contributed by atoms with Gasteiger partial charge < -0.3 is 24.9 Å². The molecule has 0 spiro atoms. The highest BCUT2D eigenvalue weighted by atomic mass is 35.5. The van der Waals surface area contributed by atoms with Crippen LogP contribution in [0.4, 0.5) is 11.4 Å². The molecule has 0 aliphatic heterocycles. The number of hydrogen-bond acceptors (Lipinski definition) is 8. The number of carbonyl (C=O) groups is 1. The number of ether oxygens (including phenoxy) is 2. The summed E-state index contributed by atoms with van der Waals surface area (Å²) in [7, 11) is 3.80. The van der Waals surface area contributed by atoms with Crippen LogP contribution in [0.1, 0.15) is 18.2 Å². The van der Waals surface area contributed by atoms with E-state index in [2.05, 4.69) is 16.4 Å². The van der Waals surface area contributed by atoms with Gasteiger partial charge in [0.15, 0.2) is 0 Å². The maximum atomic E-state index is 12.6. The lowest BCUT2D eigenvalue weighted by Crippen LogP contribution is -2.16. The van der Waals surface area contributed by atoms with Crippen molar-refractivity contribution in [3.63, 3.8) is 0 Å².